The number of sulfonamides is 1. The van der Waals surface area contributed by atoms with Crippen molar-refractivity contribution in [3.63, 3.8) is 0 Å². The lowest BCUT2D eigenvalue weighted by Gasteiger charge is -2.09. The first-order chi connectivity index (χ1) is 9.56. The highest BCUT2D eigenvalue weighted by atomic mass is 32.2. The van der Waals surface area contributed by atoms with E-state index < -0.39 is 10.0 Å². The van der Waals surface area contributed by atoms with Crippen molar-refractivity contribution in [2.24, 2.45) is 5.84 Å². The Labute approximate surface area is 116 Å². The van der Waals surface area contributed by atoms with Crippen LogP contribution in [0.25, 0.3) is 0 Å². The molecule has 0 atom stereocenters. The van der Waals surface area contributed by atoms with E-state index in [1.54, 1.807) is 30.3 Å². The number of nitrogens with two attached hydrogens (primary N) is 1. The zero-order valence-electron chi connectivity index (χ0n) is 10.4. The van der Waals surface area contributed by atoms with Crippen LogP contribution in [-0.2, 0) is 10.0 Å². The number of rotatable bonds is 4. The summed E-state index contributed by atoms with van der Waals surface area (Å²) >= 11 is 0. The number of para-hydroxylation sites is 1. The van der Waals surface area contributed by atoms with Crippen molar-refractivity contribution in [2.75, 3.05) is 10.1 Å². The van der Waals surface area contributed by atoms with Gasteiger partial charge in [-0.05, 0) is 36.4 Å². The van der Waals surface area contributed by atoms with Gasteiger partial charge < -0.3 is 5.43 Å². The Kier molecular flexibility index (Phi) is 3.89. The Bertz CT molecular complexity index is 749. The molecule has 0 aromatic heterocycles. The lowest BCUT2D eigenvalue weighted by atomic mass is 10.2. The van der Waals surface area contributed by atoms with Gasteiger partial charge in [-0.25, -0.2) is 8.42 Å². The van der Waals surface area contributed by atoms with Gasteiger partial charge in [0.25, 0.3) is 10.0 Å². The molecule has 20 heavy (non-hydrogen) atoms. The van der Waals surface area contributed by atoms with Crippen LogP contribution in [0.15, 0.2) is 53.4 Å². The summed E-state index contributed by atoms with van der Waals surface area (Å²) in [5.74, 6) is 5.22. The van der Waals surface area contributed by atoms with Crippen LogP contribution in [0.4, 0.5) is 11.4 Å². The number of hydrogen-bond donors (Lipinski definition) is 3. The Morgan fingerprint density at radius 2 is 1.70 bits per heavy atom. The largest absolute Gasteiger partial charge is 0.324 e. The summed E-state index contributed by atoms with van der Waals surface area (Å²) in [6, 6.07) is 14.3. The normalized spacial score (nSPS) is 10.6. The van der Waals surface area contributed by atoms with Crippen LogP contribution in [-0.4, -0.2) is 8.42 Å². The second-order valence-corrected chi connectivity index (χ2v) is 5.61. The highest BCUT2D eigenvalue weighted by molar-refractivity contribution is 7.92. The molecule has 4 N–H and O–H groups in total. The van der Waals surface area contributed by atoms with E-state index in [4.69, 9.17) is 11.1 Å². The zero-order chi connectivity index (χ0) is 14.6. The monoisotopic (exact) mass is 288 g/mol. The Morgan fingerprint density at radius 1 is 1.05 bits per heavy atom. The summed E-state index contributed by atoms with van der Waals surface area (Å²) in [6.45, 7) is 0. The predicted octanol–water partition coefficient (Wildman–Crippen LogP) is 1.64. The molecule has 0 amide bonds. The molecule has 0 unspecified atom stereocenters. The van der Waals surface area contributed by atoms with Gasteiger partial charge in [-0.3, -0.25) is 10.6 Å². The molecule has 0 fully saturated rings. The first-order valence-electron chi connectivity index (χ1n) is 5.65. The first-order valence-corrected chi connectivity index (χ1v) is 7.14. The van der Waals surface area contributed by atoms with Crippen molar-refractivity contribution in [2.45, 2.75) is 4.90 Å². The molecule has 0 saturated heterocycles. The molecule has 7 heteroatoms. The third kappa shape index (κ3) is 2.88. The number of benzene rings is 2. The fourth-order valence-corrected chi connectivity index (χ4v) is 2.68. The standard InChI is InChI=1S/C13H12N4O2S/c14-9-10-3-1-2-4-13(10)17-20(18,19)12-7-5-11(16-15)6-8-12/h1-8,16-17H,15H2. The first kappa shape index (κ1) is 13.9. The lowest BCUT2D eigenvalue weighted by molar-refractivity contribution is 0.601. The average molecular weight is 288 g/mol. The molecule has 0 radical (unpaired) electrons. The molecule has 0 aliphatic rings. The molecule has 0 bridgehead atoms. The molecule has 0 aliphatic heterocycles. The molecule has 6 nitrogen and oxygen atoms in total. The van der Waals surface area contributed by atoms with Gasteiger partial charge in [0.2, 0.25) is 0 Å². The van der Waals surface area contributed by atoms with Crippen LogP contribution in [0.3, 0.4) is 0 Å². The van der Waals surface area contributed by atoms with Crippen LogP contribution < -0.4 is 16.0 Å². The minimum absolute atomic E-state index is 0.0873. The fraction of sp³-hybridized carbons (Fsp3) is 0. The van der Waals surface area contributed by atoms with Crippen molar-refractivity contribution in [3.8, 4) is 6.07 Å². The van der Waals surface area contributed by atoms with Gasteiger partial charge in [0.15, 0.2) is 0 Å². The van der Waals surface area contributed by atoms with Gasteiger partial charge >= 0.3 is 0 Å². The van der Waals surface area contributed by atoms with Gasteiger partial charge in [-0.15, -0.1) is 0 Å². The van der Waals surface area contributed by atoms with Crippen molar-refractivity contribution >= 4 is 21.4 Å². The Balaban J connectivity index is 2.33. The summed E-state index contributed by atoms with van der Waals surface area (Å²) in [6.07, 6.45) is 0. The topological polar surface area (TPSA) is 108 Å². The number of anilines is 2. The lowest BCUT2D eigenvalue weighted by Crippen LogP contribution is -2.14. The maximum absolute atomic E-state index is 12.2. The molecular formula is C13H12N4O2S. The smallest absolute Gasteiger partial charge is 0.261 e. The van der Waals surface area contributed by atoms with Crippen molar-refractivity contribution in [1.29, 1.82) is 5.26 Å². The second-order valence-electron chi connectivity index (χ2n) is 3.93. The molecule has 0 spiro atoms. The highest BCUT2D eigenvalue weighted by Crippen LogP contribution is 2.20. The third-order valence-corrected chi connectivity index (χ3v) is 4.00. The quantitative estimate of drug-likeness (QED) is 0.585. The van der Waals surface area contributed by atoms with E-state index >= 15 is 0 Å². The maximum atomic E-state index is 12.2. The summed E-state index contributed by atoms with van der Waals surface area (Å²) in [4.78, 5) is 0.0873. The molecule has 0 heterocycles. The van der Waals surface area contributed by atoms with Gasteiger partial charge in [0, 0.05) is 5.69 Å². The molecule has 102 valence electrons. The van der Waals surface area contributed by atoms with Gasteiger partial charge in [-0.1, -0.05) is 12.1 Å². The van der Waals surface area contributed by atoms with Crippen LogP contribution in [0.5, 0.6) is 0 Å². The number of nitrogen functional groups attached to an aromatic ring is 1. The van der Waals surface area contributed by atoms with Crippen LogP contribution in [0.1, 0.15) is 5.56 Å². The van der Waals surface area contributed by atoms with Crippen LogP contribution in [0, 0.1) is 11.3 Å². The fourth-order valence-electron chi connectivity index (χ4n) is 1.60. The predicted molar refractivity (Wildman–Crippen MR) is 76.2 cm³/mol. The minimum Gasteiger partial charge on any atom is -0.324 e. The summed E-state index contributed by atoms with van der Waals surface area (Å²) < 4.78 is 26.8. The van der Waals surface area contributed by atoms with E-state index in [1.807, 2.05) is 6.07 Å². The summed E-state index contributed by atoms with van der Waals surface area (Å²) in [7, 11) is -3.74. The maximum Gasteiger partial charge on any atom is 0.261 e. The molecule has 2 rings (SSSR count). The van der Waals surface area contributed by atoms with Gasteiger partial charge in [0.1, 0.15) is 6.07 Å². The minimum atomic E-state index is -3.74. The molecule has 2 aromatic rings. The van der Waals surface area contributed by atoms with Crippen LogP contribution in [0.2, 0.25) is 0 Å². The van der Waals surface area contributed by atoms with E-state index in [9.17, 15) is 8.42 Å². The van der Waals surface area contributed by atoms with Crippen molar-refractivity contribution in [3.05, 3.63) is 54.1 Å². The zero-order valence-corrected chi connectivity index (χ0v) is 11.2. The summed E-state index contributed by atoms with van der Waals surface area (Å²) in [5.41, 5.74) is 3.52. The number of hydrazine groups is 1. The summed E-state index contributed by atoms with van der Waals surface area (Å²) in [5, 5.41) is 8.95. The van der Waals surface area contributed by atoms with E-state index in [2.05, 4.69) is 10.1 Å². The number of hydrogen-bond acceptors (Lipinski definition) is 5. The van der Waals surface area contributed by atoms with Gasteiger partial charge in [0.05, 0.1) is 16.1 Å². The Hall–Kier alpha value is -2.56. The number of nitrogens with one attached hydrogen (secondary N) is 2. The second kappa shape index (κ2) is 5.61. The van der Waals surface area contributed by atoms with E-state index in [1.165, 1.54) is 18.2 Å². The van der Waals surface area contributed by atoms with Crippen molar-refractivity contribution in [1.82, 2.24) is 0 Å². The molecule has 0 saturated carbocycles. The van der Waals surface area contributed by atoms with E-state index in [-0.39, 0.29) is 16.1 Å². The molecular weight excluding hydrogens is 276 g/mol. The average Bonchev–Trinajstić information content (AvgIpc) is 2.47. The molecule has 0 aliphatic carbocycles. The van der Waals surface area contributed by atoms with Gasteiger partial charge in [-0.2, -0.15) is 5.26 Å². The SMILES string of the molecule is N#Cc1ccccc1NS(=O)(=O)c1ccc(NN)cc1. The number of nitrogens with zero attached hydrogens (tertiary/aromatic N) is 1. The Morgan fingerprint density at radius 3 is 2.30 bits per heavy atom. The highest BCUT2D eigenvalue weighted by Gasteiger charge is 2.15. The van der Waals surface area contributed by atoms with E-state index in [0.717, 1.165) is 0 Å². The molecule has 2 aromatic carbocycles. The van der Waals surface area contributed by atoms with Crippen LogP contribution >= 0.6 is 0 Å². The number of nitriles is 1. The third-order valence-electron chi connectivity index (χ3n) is 2.62. The van der Waals surface area contributed by atoms with Crippen molar-refractivity contribution < 1.29 is 8.42 Å². The van der Waals surface area contributed by atoms with E-state index in [0.29, 0.717) is 5.69 Å².